The molecule has 2 aromatic carbocycles. The zero-order valence-electron chi connectivity index (χ0n) is 14.3. The van der Waals surface area contributed by atoms with Crippen LogP contribution >= 0.6 is 11.6 Å². The number of nitrogens with zero attached hydrogens (tertiary/aromatic N) is 2. The molecule has 0 aliphatic heterocycles. The van der Waals surface area contributed by atoms with Crippen LogP contribution in [0.4, 0.5) is 4.39 Å². The van der Waals surface area contributed by atoms with E-state index in [2.05, 4.69) is 4.98 Å². The SMILES string of the molecule is CC(c1ccccn1)N(Cc1ccccc1)C(=O)c1cc(Cl)ccc1F. The number of hydrogen-bond acceptors (Lipinski definition) is 2. The van der Waals surface area contributed by atoms with Crippen LogP contribution in [0.2, 0.25) is 5.02 Å². The van der Waals surface area contributed by atoms with E-state index in [1.807, 2.05) is 55.5 Å². The van der Waals surface area contributed by atoms with Crippen molar-refractivity contribution in [2.45, 2.75) is 19.5 Å². The number of carbonyl (C=O) groups is 1. The summed E-state index contributed by atoms with van der Waals surface area (Å²) < 4.78 is 14.3. The molecule has 1 heterocycles. The molecule has 0 N–H and O–H groups in total. The van der Waals surface area contributed by atoms with Gasteiger partial charge in [-0.15, -0.1) is 0 Å². The first kappa shape index (κ1) is 18.1. The summed E-state index contributed by atoms with van der Waals surface area (Å²) in [4.78, 5) is 19.1. The van der Waals surface area contributed by atoms with Gasteiger partial charge in [0.2, 0.25) is 0 Å². The Morgan fingerprint density at radius 3 is 2.54 bits per heavy atom. The minimum Gasteiger partial charge on any atom is -0.326 e. The van der Waals surface area contributed by atoms with Crippen molar-refractivity contribution in [3.8, 4) is 0 Å². The molecule has 0 aliphatic carbocycles. The van der Waals surface area contributed by atoms with E-state index in [-0.39, 0.29) is 11.6 Å². The van der Waals surface area contributed by atoms with E-state index in [9.17, 15) is 9.18 Å². The maximum Gasteiger partial charge on any atom is 0.257 e. The van der Waals surface area contributed by atoms with Gasteiger partial charge < -0.3 is 4.90 Å². The number of carbonyl (C=O) groups excluding carboxylic acids is 1. The van der Waals surface area contributed by atoms with Gasteiger partial charge in [-0.2, -0.15) is 0 Å². The highest BCUT2D eigenvalue weighted by molar-refractivity contribution is 6.31. The molecule has 0 spiro atoms. The third-order valence-corrected chi connectivity index (χ3v) is 4.43. The van der Waals surface area contributed by atoms with Gasteiger partial charge in [-0.1, -0.05) is 48.0 Å². The Labute approximate surface area is 157 Å². The minimum absolute atomic E-state index is 0.0452. The first-order valence-electron chi connectivity index (χ1n) is 8.27. The van der Waals surface area contributed by atoms with Gasteiger partial charge in [0.05, 0.1) is 17.3 Å². The number of rotatable bonds is 5. The summed E-state index contributed by atoms with van der Waals surface area (Å²) in [5.41, 5.74) is 1.64. The van der Waals surface area contributed by atoms with Gasteiger partial charge in [0.15, 0.2) is 0 Å². The van der Waals surface area contributed by atoms with E-state index in [0.29, 0.717) is 11.6 Å². The predicted molar refractivity (Wildman–Crippen MR) is 100 cm³/mol. The topological polar surface area (TPSA) is 33.2 Å². The van der Waals surface area contributed by atoms with Gasteiger partial charge in [0, 0.05) is 17.8 Å². The number of aromatic nitrogens is 1. The Morgan fingerprint density at radius 1 is 1.12 bits per heavy atom. The Morgan fingerprint density at radius 2 is 1.85 bits per heavy atom. The van der Waals surface area contributed by atoms with Gasteiger partial charge in [-0.3, -0.25) is 9.78 Å². The molecule has 0 fully saturated rings. The van der Waals surface area contributed by atoms with Gasteiger partial charge in [0.25, 0.3) is 5.91 Å². The fourth-order valence-electron chi connectivity index (χ4n) is 2.76. The molecule has 3 nitrogen and oxygen atoms in total. The third kappa shape index (κ3) is 4.09. The van der Waals surface area contributed by atoms with Crippen molar-refractivity contribution in [1.82, 2.24) is 9.88 Å². The van der Waals surface area contributed by atoms with Crippen LogP contribution in [0, 0.1) is 5.82 Å². The summed E-state index contributed by atoms with van der Waals surface area (Å²) >= 11 is 5.97. The van der Waals surface area contributed by atoms with Crippen molar-refractivity contribution in [3.05, 3.63) is 101 Å². The Bertz CT molecular complexity index is 887. The lowest BCUT2D eigenvalue weighted by Crippen LogP contribution is -2.34. The predicted octanol–water partition coefficient (Wildman–Crippen LogP) is 5.28. The van der Waals surface area contributed by atoms with Gasteiger partial charge in [-0.25, -0.2) is 4.39 Å². The summed E-state index contributed by atoms with van der Waals surface area (Å²) in [6.45, 7) is 2.22. The van der Waals surface area contributed by atoms with Gasteiger partial charge >= 0.3 is 0 Å². The summed E-state index contributed by atoms with van der Waals surface area (Å²) in [5, 5.41) is 0.319. The Balaban J connectivity index is 1.99. The van der Waals surface area contributed by atoms with Crippen LogP contribution in [-0.4, -0.2) is 15.8 Å². The Hall–Kier alpha value is -2.72. The van der Waals surface area contributed by atoms with E-state index in [1.165, 1.54) is 18.2 Å². The molecule has 5 heteroatoms. The van der Waals surface area contributed by atoms with Gasteiger partial charge in [-0.05, 0) is 42.8 Å². The van der Waals surface area contributed by atoms with E-state index >= 15 is 0 Å². The number of hydrogen-bond donors (Lipinski definition) is 0. The van der Waals surface area contributed by atoms with Crippen LogP contribution in [-0.2, 0) is 6.54 Å². The fourth-order valence-corrected chi connectivity index (χ4v) is 2.94. The number of amides is 1. The molecule has 0 bridgehead atoms. The Kier molecular flexibility index (Phi) is 5.64. The lowest BCUT2D eigenvalue weighted by atomic mass is 10.1. The molecule has 3 rings (SSSR count). The van der Waals surface area contributed by atoms with E-state index < -0.39 is 11.7 Å². The number of pyridine rings is 1. The molecule has 1 amide bonds. The van der Waals surface area contributed by atoms with Crippen molar-refractivity contribution in [2.24, 2.45) is 0 Å². The second-order valence-corrected chi connectivity index (χ2v) is 6.41. The second kappa shape index (κ2) is 8.11. The quantitative estimate of drug-likeness (QED) is 0.614. The molecular formula is C21H18ClFN2O. The molecule has 0 saturated carbocycles. The largest absolute Gasteiger partial charge is 0.326 e. The zero-order valence-corrected chi connectivity index (χ0v) is 15.0. The molecule has 1 aromatic heterocycles. The van der Waals surface area contributed by atoms with Crippen molar-refractivity contribution < 1.29 is 9.18 Å². The van der Waals surface area contributed by atoms with Crippen LogP contribution in [0.25, 0.3) is 0 Å². The number of benzene rings is 2. The summed E-state index contributed by atoms with van der Waals surface area (Å²) in [6, 6.07) is 18.8. The summed E-state index contributed by atoms with van der Waals surface area (Å²) in [7, 11) is 0. The fraction of sp³-hybridized carbons (Fsp3) is 0.143. The van der Waals surface area contributed by atoms with Crippen LogP contribution in [0.5, 0.6) is 0 Å². The first-order valence-corrected chi connectivity index (χ1v) is 8.65. The molecule has 0 saturated heterocycles. The molecule has 1 unspecified atom stereocenters. The highest BCUT2D eigenvalue weighted by Crippen LogP contribution is 2.25. The standard InChI is InChI=1S/C21H18ClFN2O/c1-15(20-9-5-6-12-24-20)25(14-16-7-3-2-4-8-16)21(26)18-13-17(22)10-11-19(18)23/h2-13,15H,14H2,1H3. The molecule has 1 atom stereocenters. The third-order valence-electron chi connectivity index (χ3n) is 4.20. The monoisotopic (exact) mass is 368 g/mol. The number of halogens is 2. The molecule has 0 radical (unpaired) electrons. The maximum absolute atomic E-state index is 14.3. The van der Waals surface area contributed by atoms with Crippen molar-refractivity contribution in [1.29, 1.82) is 0 Å². The van der Waals surface area contributed by atoms with Crippen molar-refractivity contribution in [3.63, 3.8) is 0 Å². The van der Waals surface area contributed by atoms with Crippen LogP contribution in [0.3, 0.4) is 0 Å². The van der Waals surface area contributed by atoms with Gasteiger partial charge in [0.1, 0.15) is 5.82 Å². The van der Waals surface area contributed by atoms with E-state index in [0.717, 1.165) is 11.3 Å². The average molecular weight is 369 g/mol. The average Bonchev–Trinajstić information content (AvgIpc) is 2.68. The lowest BCUT2D eigenvalue weighted by molar-refractivity contribution is 0.0665. The van der Waals surface area contributed by atoms with E-state index in [1.54, 1.807) is 11.1 Å². The summed E-state index contributed by atoms with van der Waals surface area (Å²) in [6.07, 6.45) is 1.68. The molecule has 0 aliphatic rings. The smallest absolute Gasteiger partial charge is 0.257 e. The molecule has 3 aromatic rings. The first-order chi connectivity index (χ1) is 12.6. The second-order valence-electron chi connectivity index (χ2n) is 5.97. The van der Waals surface area contributed by atoms with Crippen LogP contribution in [0.1, 0.15) is 34.6 Å². The zero-order chi connectivity index (χ0) is 18.5. The lowest BCUT2D eigenvalue weighted by Gasteiger charge is -2.29. The normalized spacial score (nSPS) is 11.8. The van der Waals surface area contributed by atoms with Crippen LogP contribution in [0.15, 0.2) is 72.9 Å². The minimum atomic E-state index is -0.592. The highest BCUT2D eigenvalue weighted by Gasteiger charge is 2.26. The summed E-state index contributed by atoms with van der Waals surface area (Å²) in [5.74, 6) is -1.02. The van der Waals surface area contributed by atoms with Crippen molar-refractivity contribution >= 4 is 17.5 Å². The van der Waals surface area contributed by atoms with Crippen molar-refractivity contribution in [2.75, 3.05) is 0 Å². The molecule has 132 valence electrons. The maximum atomic E-state index is 14.3. The molecular weight excluding hydrogens is 351 g/mol. The van der Waals surface area contributed by atoms with E-state index in [4.69, 9.17) is 11.6 Å². The highest BCUT2D eigenvalue weighted by atomic mass is 35.5. The van der Waals surface area contributed by atoms with Crippen LogP contribution < -0.4 is 0 Å². The molecule has 26 heavy (non-hydrogen) atoms.